The number of rotatable bonds is 3. The van der Waals surface area contributed by atoms with Gasteiger partial charge in [-0.3, -0.25) is 0 Å². The van der Waals surface area contributed by atoms with Gasteiger partial charge in [0.1, 0.15) is 11.5 Å². The molecule has 80 valence electrons. The molecule has 2 rings (SSSR count). The summed E-state index contributed by atoms with van der Waals surface area (Å²) in [7, 11) is 3.21. The number of halogens is 1. The summed E-state index contributed by atoms with van der Waals surface area (Å²) < 4.78 is 15.9. The molecule has 2 aromatic rings. The van der Waals surface area contributed by atoms with Crippen molar-refractivity contribution in [1.82, 2.24) is 0 Å². The molecular weight excluding hydrogens is 216 g/mol. The molecule has 0 atom stereocenters. The maximum Gasteiger partial charge on any atom is 0.176 e. The summed E-state index contributed by atoms with van der Waals surface area (Å²) in [5, 5.41) is 0.932. The molecule has 0 N–H and O–H groups in total. The summed E-state index contributed by atoms with van der Waals surface area (Å²) in [5.41, 5.74) is 0.703. The van der Waals surface area contributed by atoms with Gasteiger partial charge in [0.05, 0.1) is 20.1 Å². The number of methoxy groups -OCH3 is 2. The lowest BCUT2D eigenvalue weighted by atomic mass is 10.2. The standard InChI is InChI=1S/C11H11ClO3/c1-13-8-3-7-4-9(6-12)15-11(7)10(5-8)14-2/h3-5H,6H2,1-2H3. The van der Waals surface area contributed by atoms with Crippen LogP contribution in [0.4, 0.5) is 0 Å². The molecule has 0 aliphatic carbocycles. The van der Waals surface area contributed by atoms with Crippen LogP contribution < -0.4 is 9.47 Å². The van der Waals surface area contributed by atoms with Crippen LogP contribution >= 0.6 is 11.6 Å². The van der Waals surface area contributed by atoms with E-state index in [4.69, 9.17) is 25.5 Å². The molecule has 0 amide bonds. The zero-order valence-electron chi connectivity index (χ0n) is 8.54. The van der Waals surface area contributed by atoms with Crippen LogP contribution in [0.5, 0.6) is 11.5 Å². The monoisotopic (exact) mass is 226 g/mol. The van der Waals surface area contributed by atoms with Gasteiger partial charge in [-0.05, 0) is 12.1 Å². The molecular formula is C11H11ClO3. The molecule has 1 aromatic heterocycles. The Kier molecular flexibility index (Phi) is 2.73. The fraction of sp³-hybridized carbons (Fsp3) is 0.273. The molecule has 15 heavy (non-hydrogen) atoms. The Labute approximate surface area is 92.5 Å². The molecule has 0 aliphatic rings. The van der Waals surface area contributed by atoms with Crippen LogP contribution in [0.1, 0.15) is 5.76 Å². The largest absolute Gasteiger partial charge is 0.497 e. The highest BCUT2D eigenvalue weighted by atomic mass is 35.5. The Balaban J connectivity index is 2.66. The minimum atomic E-state index is 0.347. The zero-order valence-corrected chi connectivity index (χ0v) is 9.30. The first kappa shape index (κ1) is 10.2. The zero-order chi connectivity index (χ0) is 10.8. The van der Waals surface area contributed by atoms with E-state index < -0.39 is 0 Å². The van der Waals surface area contributed by atoms with Gasteiger partial charge in [0, 0.05) is 11.5 Å². The van der Waals surface area contributed by atoms with Gasteiger partial charge < -0.3 is 13.9 Å². The van der Waals surface area contributed by atoms with E-state index in [0.29, 0.717) is 17.2 Å². The lowest BCUT2D eigenvalue weighted by Gasteiger charge is -2.03. The Morgan fingerprint density at radius 1 is 1.20 bits per heavy atom. The smallest absolute Gasteiger partial charge is 0.176 e. The van der Waals surface area contributed by atoms with E-state index in [0.717, 1.165) is 16.9 Å². The van der Waals surface area contributed by atoms with E-state index >= 15 is 0 Å². The van der Waals surface area contributed by atoms with Crippen LogP contribution in [0.3, 0.4) is 0 Å². The highest BCUT2D eigenvalue weighted by Crippen LogP contribution is 2.33. The minimum absolute atomic E-state index is 0.347. The van der Waals surface area contributed by atoms with E-state index in [2.05, 4.69) is 0 Å². The predicted octanol–water partition coefficient (Wildman–Crippen LogP) is 3.19. The predicted molar refractivity (Wildman–Crippen MR) is 58.9 cm³/mol. The molecule has 1 heterocycles. The summed E-state index contributed by atoms with van der Waals surface area (Å²) in [4.78, 5) is 0. The molecule has 0 spiro atoms. The van der Waals surface area contributed by atoms with Gasteiger partial charge in [0.25, 0.3) is 0 Å². The molecule has 0 unspecified atom stereocenters. The number of furan rings is 1. The Bertz CT molecular complexity index is 476. The third-order valence-electron chi connectivity index (χ3n) is 2.19. The van der Waals surface area contributed by atoms with Crippen LogP contribution in [0.2, 0.25) is 0 Å². The van der Waals surface area contributed by atoms with Crippen molar-refractivity contribution in [2.45, 2.75) is 5.88 Å². The molecule has 0 aliphatic heterocycles. The van der Waals surface area contributed by atoms with Crippen molar-refractivity contribution in [2.24, 2.45) is 0 Å². The van der Waals surface area contributed by atoms with Gasteiger partial charge in [-0.2, -0.15) is 0 Å². The molecule has 0 saturated carbocycles. The number of ether oxygens (including phenoxy) is 2. The summed E-state index contributed by atoms with van der Waals surface area (Å²) in [5.74, 6) is 2.46. The van der Waals surface area contributed by atoms with Crippen LogP contribution in [-0.2, 0) is 5.88 Å². The van der Waals surface area contributed by atoms with Gasteiger partial charge in [0.2, 0.25) is 0 Å². The first-order chi connectivity index (χ1) is 7.28. The lowest BCUT2D eigenvalue weighted by Crippen LogP contribution is -1.86. The second kappa shape index (κ2) is 4.03. The van der Waals surface area contributed by atoms with Crippen molar-refractivity contribution < 1.29 is 13.9 Å². The van der Waals surface area contributed by atoms with Crippen molar-refractivity contribution in [3.8, 4) is 11.5 Å². The van der Waals surface area contributed by atoms with Crippen LogP contribution in [0, 0.1) is 0 Å². The Morgan fingerprint density at radius 2 is 2.00 bits per heavy atom. The molecule has 0 bridgehead atoms. The molecule has 1 aromatic carbocycles. The second-order valence-corrected chi connectivity index (χ2v) is 3.36. The molecule has 4 heteroatoms. The van der Waals surface area contributed by atoms with E-state index in [1.165, 1.54) is 0 Å². The quantitative estimate of drug-likeness (QED) is 0.754. The van der Waals surface area contributed by atoms with Gasteiger partial charge in [-0.15, -0.1) is 11.6 Å². The Morgan fingerprint density at radius 3 is 2.60 bits per heavy atom. The summed E-state index contributed by atoms with van der Waals surface area (Å²) in [6.45, 7) is 0. The number of alkyl halides is 1. The van der Waals surface area contributed by atoms with Crippen molar-refractivity contribution in [2.75, 3.05) is 14.2 Å². The maximum absolute atomic E-state index is 5.70. The number of fused-ring (bicyclic) bond motifs is 1. The SMILES string of the molecule is COc1cc(OC)c2oc(CCl)cc2c1. The number of benzene rings is 1. The van der Waals surface area contributed by atoms with Crippen LogP contribution in [0.25, 0.3) is 11.0 Å². The van der Waals surface area contributed by atoms with E-state index in [1.807, 2.05) is 12.1 Å². The van der Waals surface area contributed by atoms with E-state index in [-0.39, 0.29) is 0 Å². The third-order valence-corrected chi connectivity index (χ3v) is 2.46. The summed E-state index contributed by atoms with van der Waals surface area (Å²) in [6.07, 6.45) is 0. The summed E-state index contributed by atoms with van der Waals surface area (Å²) >= 11 is 5.70. The average Bonchev–Trinajstić information content (AvgIpc) is 2.70. The van der Waals surface area contributed by atoms with Gasteiger partial charge >= 0.3 is 0 Å². The summed E-state index contributed by atoms with van der Waals surface area (Å²) in [6, 6.07) is 5.55. The highest BCUT2D eigenvalue weighted by molar-refractivity contribution is 6.17. The van der Waals surface area contributed by atoms with E-state index in [1.54, 1.807) is 20.3 Å². The number of hydrogen-bond acceptors (Lipinski definition) is 3. The van der Waals surface area contributed by atoms with Crippen LogP contribution in [-0.4, -0.2) is 14.2 Å². The molecule has 0 radical (unpaired) electrons. The van der Waals surface area contributed by atoms with E-state index in [9.17, 15) is 0 Å². The molecule has 0 saturated heterocycles. The maximum atomic E-state index is 5.70. The van der Waals surface area contributed by atoms with Crippen LogP contribution in [0.15, 0.2) is 22.6 Å². The van der Waals surface area contributed by atoms with Gasteiger partial charge in [0.15, 0.2) is 11.3 Å². The fourth-order valence-corrected chi connectivity index (χ4v) is 1.61. The van der Waals surface area contributed by atoms with Crippen molar-refractivity contribution in [3.63, 3.8) is 0 Å². The fourth-order valence-electron chi connectivity index (χ4n) is 1.48. The first-order valence-electron chi connectivity index (χ1n) is 4.49. The number of hydrogen-bond donors (Lipinski definition) is 0. The normalized spacial score (nSPS) is 10.6. The lowest BCUT2D eigenvalue weighted by molar-refractivity contribution is 0.392. The van der Waals surface area contributed by atoms with Crippen molar-refractivity contribution in [3.05, 3.63) is 24.0 Å². The van der Waals surface area contributed by atoms with Gasteiger partial charge in [-0.25, -0.2) is 0 Å². The van der Waals surface area contributed by atoms with Gasteiger partial charge in [-0.1, -0.05) is 0 Å². The van der Waals surface area contributed by atoms with Crippen molar-refractivity contribution >= 4 is 22.6 Å². The second-order valence-electron chi connectivity index (χ2n) is 3.09. The third kappa shape index (κ3) is 1.75. The molecule has 3 nitrogen and oxygen atoms in total. The van der Waals surface area contributed by atoms with Crippen molar-refractivity contribution in [1.29, 1.82) is 0 Å². The minimum Gasteiger partial charge on any atom is -0.497 e. The average molecular weight is 227 g/mol. The Hall–Kier alpha value is -1.35. The first-order valence-corrected chi connectivity index (χ1v) is 5.02. The topological polar surface area (TPSA) is 31.6 Å². The molecule has 0 fully saturated rings. The highest BCUT2D eigenvalue weighted by Gasteiger charge is 2.10.